The number of carbonyl (C=O) groups is 2. The van der Waals surface area contributed by atoms with E-state index >= 15 is 0 Å². The van der Waals surface area contributed by atoms with Crippen LogP contribution in [0.5, 0.6) is 0 Å². The van der Waals surface area contributed by atoms with Gasteiger partial charge in [-0.3, -0.25) is 9.59 Å². The van der Waals surface area contributed by atoms with Crippen molar-refractivity contribution in [3.63, 3.8) is 0 Å². The number of Topliss-reactive ketones (excluding diaryl/α,β-unsaturated/α-hetero) is 1. The van der Waals surface area contributed by atoms with Crippen molar-refractivity contribution < 1.29 is 9.59 Å². The number of aromatic nitrogens is 2. The molecule has 6 heteroatoms. The zero-order valence-corrected chi connectivity index (χ0v) is 14.3. The summed E-state index contributed by atoms with van der Waals surface area (Å²) in [6.45, 7) is 9.70. The van der Waals surface area contributed by atoms with Gasteiger partial charge in [-0.15, -0.1) is 11.3 Å². The van der Waals surface area contributed by atoms with Gasteiger partial charge in [0.15, 0.2) is 5.78 Å². The van der Waals surface area contributed by atoms with Crippen molar-refractivity contribution in [3.05, 3.63) is 39.6 Å². The highest BCUT2D eigenvalue weighted by atomic mass is 32.1. The molecule has 2 N–H and O–H groups in total. The van der Waals surface area contributed by atoms with E-state index in [0.29, 0.717) is 11.3 Å². The SMILES string of the molecule is CC(=O)c1c[nH]c(C(=O)N[C@@H](C)c2nc(C(C)(C)C)cs2)c1. The number of hydrogen-bond acceptors (Lipinski definition) is 4. The maximum atomic E-state index is 12.2. The lowest BCUT2D eigenvalue weighted by atomic mass is 9.93. The van der Waals surface area contributed by atoms with Crippen LogP contribution in [0.15, 0.2) is 17.6 Å². The van der Waals surface area contributed by atoms with E-state index in [0.717, 1.165) is 10.7 Å². The molecule has 2 rings (SSSR count). The summed E-state index contributed by atoms with van der Waals surface area (Å²) in [7, 11) is 0. The number of H-pyrrole nitrogens is 1. The van der Waals surface area contributed by atoms with Gasteiger partial charge in [-0.1, -0.05) is 20.8 Å². The highest BCUT2D eigenvalue weighted by Crippen LogP contribution is 2.26. The number of rotatable bonds is 4. The normalized spacial score (nSPS) is 13.0. The molecule has 0 spiro atoms. The summed E-state index contributed by atoms with van der Waals surface area (Å²) in [6.07, 6.45) is 1.54. The highest BCUT2D eigenvalue weighted by Gasteiger charge is 2.21. The fourth-order valence-electron chi connectivity index (χ4n) is 1.90. The maximum absolute atomic E-state index is 12.2. The smallest absolute Gasteiger partial charge is 0.268 e. The fourth-order valence-corrected chi connectivity index (χ4v) is 2.95. The summed E-state index contributed by atoms with van der Waals surface area (Å²) in [5.74, 6) is -0.314. The van der Waals surface area contributed by atoms with Crippen LogP contribution in [0.3, 0.4) is 0 Å². The molecule has 2 heterocycles. The Labute approximate surface area is 134 Å². The molecule has 0 bridgehead atoms. The Morgan fingerprint density at radius 1 is 1.36 bits per heavy atom. The molecule has 22 heavy (non-hydrogen) atoms. The van der Waals surface area contributed by atoms with E-state index in [-0.39, 0.29) is 23.1 Å². The minimum Gasteiger partial charge on any atom is -0.356 e. The molecule has 0 aliphatic carbocycles. The second-order valence-corrected chi connectivity index (χ2v) is 7.26. The second-order valence-electron chi connectivity index (χ2n) is 6.37. The third-order valence-electron chi connectivity index (χ3n) is 3.34. The lowest BCUT2D eigenvalue weighted by Gasteiger charge is -2.15. The number of carbonyl (C=O) groups excluding carboxylic acids is 2. The van der Waals surface area contributed by atoms with E-state index < -0.39 is 0 Å². The predicted octanol–water partition coefficient (Wildman–Crippen LogP) is 3.46. The third-order valence-corrected chi connectivity index (χ3v) is 4.37. The first kappa shape index (κ1) is 16.4. The summed E-state index contributed by atoms with van der Waals surface area (Å²) in [4.78, 5) is 30.9. The van der Waals surface area contributed by atoms with Gasteiger partial charge in [0.1, 0.15) is 10.7 Å². The largest absolute Gasteiger partial charge is 0.356 e. The molecule has 2 aromatic rings. The second kappa shape index (κ2) is 6.04. The number of nitrogens with one attached hydrogen (secondary N) is 2. The first-order valence-corrected chi connectivity index (χ1v) is 8.02. The minimum atomic E-state index is -0.243. The highest BCUT2D eigenvalue weighted by molar-refractivity contribution is 7.09. The van der Waals surface area contributed by atoms with Crippen LogP contribution in [0, 0.1) is 0 Å². The summed E-state index contributed by atoms with van der Waals surface area (Å²) in [6, 6.07) is 1.38. The Balaban J connectivity index is 2.07. The van der Waals surface area contributed by atoms with Gasteiger partial charge in [0.2, 0.25) is 0 Å². The monoisotopic (exact) mass is 319 g/mol. The van der Waals surface area contributed by atoms with E-state index in [1.165, 1.54) is 6.92 Å². The van der Waals surface area contributed by atoms with Crippen LogP contribution in [0.1, 0.15) is 72.2 Å². The fraction of sp³-hybridized carbons (Fsp3) is 0.438. The van der Waals surface area contributed by atoms with Crippen molar-refractivity contribution in [1.29, 1.82) is 0 Å². The zero-order chi connectivity index (χ0) is 16.5. The lowest BCUT2D eigenvalue weighted by Crippen LogP contribution is -2.27. The van der Waals surface area contributed by atoms with Gasteiger partial charge in [-0.05, 0) is 19.9 Å². The van der Waals surface area contributed by atoms with E-state index in [1.54, 1.807) is 23.6 Å². The van der Waals surface area contributed by atoms with Crippen LogP contribution >= 0.6 is 11.3 Å². The van der Waals surface area contributed by atoms with Crippen LogP contribution < -0.4 is 5.32 Å². The molecule has 0 saturated heterocycles. The molecule has 1 amide bonds. The molecule has 0 fully saturated rings. The molecule has 1 atom stereocenters. The predicted molar refractivity (Wildman–Crippen MR) is 87.5 cm³/mol. The molecular weight excluding hydrogens is 298 g/mol. The van der Waals surface area contributed by atoms with Crippen molar-refractivity contribution in [1.82, 2.24) is 15.3 Å². The van der Waals surface area contributed by atoms with Crippen molar-refractivity contribution in [2.75, 3.05) is 0 Å². The molecule has 2 aromatic heterocycles. The Morgan fingerprint density at radius 3 is 2.55 bits per heavy atom. The molecule has 0 radical (unpaired) electrons. The third kappa shape index (κ3) is 3.62. The van der Waals surface area contributed by atoms with Crippen molar-refractivity contribution in [2.45, 2.75) is 46.1 Å². The van der Waals surface area contributed by atoms with Gasteiger partial charge in [0.05, 0.1) is 11.7 Å². The molecule has 0 aromatic carbocycles. The molecule has 5 nitrogen and oxygen atoms in total. The van der Waals surface area contributed by atoms with E-state index in [2.05, 4.69) is 36.1 Å². The first-order valence-electron chi connectivity index (χ1n) is 7.14. The molecule has 0 saturated carbocycles. The van der Waals surface area contributed by atoms with E-state index in [1.807, 2.05) is 12.3 Å². The van der Waals surface area contributed by atoms with Crippen molar-refractivity contribution in [2.24, 2.45) is 0 Å². The Bertz CT molecular complexity index is 694. The van der Waals surface area contributed by atoms with E-state index in [9.17, 15) is 9.59 Å². The maximum Gasteiger partial charge on any atom is 0.268 e. The van der Waals surface area contributed by atoms with Crippen LogP contribution in [0.2, 0.25) is 0 Å². The molecule has 0 aliphatic rings. The van der Waals surface area contributed by atoms with Gasteiger partial charge in [0.25, 0.3) is 5.91 Å². The van der Waals surface area contributed by atoms with Gasteiger partial charge in [-0.25, -0.2) is 4.98 Å². The topological polar surface area (TPSA) is 74.8 Å². The lowest BCUT2D eigenvalue weighted by molar-refractivity contribution is 0.0935. The van der Waals surface area contributed by atoms with E-state index in [4.69, 9.17) is 0 Å². The summed E-state index contributed by atoms with van der Waals surface area (Å²) in [5.41, 5.74) is 1.90. The van der Waals surface area contributed by atoms with Gasteiger partial charge >= 0.3 is 0 Å². The van der Waals surface area contributed by atoms with Gasteiger partial charge in [-0.2, -0.15) is 0 Å². The zero-order valence-electron chi connectivity index (χ0n) is 13.5. The number of amides is 1. The van der Waals surface area contributed by atoms with Crippen LogP contribution in [-0.2, 0) is 5.41 Å². The average Bonchev–Trinajstić information content (AvgIpc) is 3.07. The van der Waals surface area contributed by atoms with Crippen molar-refractivity contribution >= 4 is 23.0 Å². The minimum absolute atomic E-state index is 0.00563. The molecule has 0 unspecified atom stereocenters. The first-order chi connectivity index (χ1) is 10.2. The molecule has 0 aliphatic heterocycles. The summed E-state index contributed by atoms with van der Waals surface area (Å²) >= 11 is 1.54. The average molecular weight is 319 g/mol. The van der Waals surface area contributed by atoms with Crippen LogP contribution in [0.4, 0.5) is 0 Å². The number of ketones is 1. The van der Waals surface area contributed by atoms with Gasteiger partial charge < -0.3 is 10.3 Å². The summed E-state index contributed by atoms with van der Waals surface area (Å²) in [5, 5.41) is 5.80. The Kier molecular flexibility index (Phi) is 4.51. The molecule has 118 valence electrons. The standard InChI is InChI=1S/C16H21N3O2S/c1-9(15-19-13(8-22-15)16(3,4)5)18-14(21)12-6-11(7-17-12)10(2)20/h6-9,17H,1-5H3,(H,18,21)/t9-/m0/s1. The van der Waals surface area contributed by atoms with Gasteiger partial charge in [0, 0.05) is 22.6 Å². The van der Waals surface area contributed by atoms with Crippen molar-refractivity contribution in [3.8, 4) is 0 Å². The van der Waals surface area contributed by atoms with Crippen LogP contribution in [0.25, 0.3) is 0 Å². The molecular formula is C16H21N3O2S. The Morgan fingerprint density at radius 2 is 2.05 bits per heavy atom. The number of thiazole rings is 1. The number of nitrogens with zero attached hydrogens (tertiary/aromatic N) is 1. The quantitative estimate of drug-likeness (QED) is 0.847. The summed E-state index contributed by atoms with van der Waals surface area (Å²) < 4.78 is 0. The number of hydrogen-bond donors (Lipinski definition) is 2. The Hall–Kier alpha value is -1.95. The number of aromatic amines is 1. The van der Waals surface area contributed by atoms with Crippen LogP contribution in [-0.4, -0.2) is 21.7 Å².